The van der Waals surface area contributed by atoms with Crippen LogP contribution < -0.4 is 10.2 Å². The molecule has 31 heavy (non-hydrogen) atoms. The summed E-state index contributed by atoms with van der Waals surface area (Å²) < 4.78 is 16.2. The molecular weight excluding hydrogens is 412 g/mol. The Bertz CT molecular complexity index is 1170. The van der Waals surface area contributed by atoms with E-state index in [0.29, 0.717) is 5.56 Å². The third-order valence-corrected chi connectivity index (χ3v) is 4.92. The van der Waals surface area contributed by atoms with Crippen LogP contribution in [-0.2, 0) is 9.53 Å². The molecule has 0 saturated carbocycles. The van der Waals surface area contributed by atoms with E-state index in [4.69, 9.17) is 19.0 Å². The molecule has 0 spiro atoms. The minimum absolute atomic E-state index is 0.0554. The summed E-state index contributed by atoms with van der Waals surface area (Å²) in [5, 5.41) is 49.2. The van der Waals surface area contributed by atoms with Crippen molar-refractivity contribution in [1.82, 2.24) is 0 Å². The van der Waals surface area contributed by atoms with Crippen LogP contribution in [0.1, 0.15) is 0 Å². The summed E-state index contributed by atoms with van der Waals surface area (Å²) in [7, 11) is 0. The minimum atomic E-state index is -1.89. The number of hydrogen-bond donors (Lipinski definition) is 5. The van der Waals surface area contributed by atoms with Gasteiger partial charge in [-0.3, -0.25) is 4.79 Å². The number of rotatable bonds is 4. The third-order valence-electron chi connectivity index (χ3n) is 4.92. The number of aliphatic hydroxyl groups excluding tert-OH is 3. The SMILES string of the molecule is O=C(O)[C@H]1OC(Oc2cc3oc(-c4ccccc4)cc(=O)c3cc2O)[C@H](O)[C@@H](O)[C@@H]1O. The van der Waals surface area contributed by atoms with Crippen molar-refractivity contribution < 1.29 is 44.2 Å². The summed E-state index contributed by atoms with van der Waals surface area (Å²) in [6.45, 7) is 0. The first-order valence-electron chi connectivity index (χ1n) is 9.21. The fraction of sp³-hybridized carbons (Fsp3) is 0.238. The molecule has 2 aromatic carbocycles. The number of benzene rings is 2. The van der Waals surface area contributed by atoms with Gasteiger partial charge in [-0.25, -0.2) is 4.79 Å². The topological polar surface area (TPSA) is 167 Å². The number of carbonyl (C=O) groups is 1. The van der Waals surface area contributed by atoms with Gasteiger partial charge in [-0.1, -0.05) is 30.3 Å². The molecule has 10 nitrogen and oxygen atoms in total. The number of carboxylic acid groups (broad SMARTS) is 1. The molecule has 5 atom stereocenters. The molecule has 1 unspecified atom stereocenters. The molecule has 1 saturated heterocycles. The molecule has 1 fully saturated rings. The van der Waals surface area contributed by atoms with Crippen molar-refractivity contribution in [3.05, 3.63) is 58.8 Å². The maximum Gasteiger partial charge on any atom is 0.335 e. The first kappa shape index (κ1) is 20.8. The molecule has 4 rings (SSSR count). The minimum Gasteiger partial charge on any atom is -0.504 e. The van der Waals surface area contributed by atoms with E-state index in [1.54, 1.807) is 30.3 Å². The van der Waals surface area contributed by atoms with Crippen molar-refractivity contribution >= 4 is 16.9 Å². The summed E-state index contributed by atoms with van der Waals surface area (Å²) >= 11 is 0. The van der Waals surface area contributed by atoms with Crippen LogP contribution in [0.2, 0.25) is 0 Å². The molecular formula is C21H18O10. The van der Waals surface area contributed by atoms with E-state index in [1.807, 2.05) is 0 Å². The largest absolute Gasteiger partial charge is 0.504 e. The lowest BCUT2D eigenvalue weighted by Gasteiger charge is -2.38. The number of fused-ring (bicyclic) bond motifs is 1. The molecule has 0 radical (unpaired) electrons. The maximum absolute atomic E-state index is 12.5. The van der Waals surface area contributed by atoms with Crippen LogP contribution in [-0.4, -0.2) is 62.2 Å². The summed E-state index contributed by atoms with van der Waals surface area (Å²) in [4.78, 5) is 23.7. The Morgan fingerprint density at radius 2 is 1.68 bits per heavy atom. The van der Waals surface area contributed by atoms with Crippen LogP contribution >= 0.6 is 0 Å². The smallest absolute Gasteiger partial charge is 0.335 e. The molecule has 0 bridgehead atoms. The highest BCUT2D eigenvalue weighted by atomic mass is 16.7. The molecule has 1 aliphatic heterocycles. The van der Waals surface area contributed by atoms with E-state index in [2.05, 4.69) is 0 Å². The molecule has 0 amide bonds. The highest BCUT2D eigenvalue weighted by molar-refractivity contribution is 5.82. The summed E-state index contributed by atoms with van der Waals surface area (Å²) in [6, 6.07) is 12.4. The van der Waals surface area contributed by atoms with Gasteiger partial charge in [-0.15, -0.1) is 0 Å². The molecule has 10 heteroatoms. The predicted molar refractivity (Wildman–Crippen MR) is 105 cm³/mol. The van der Waals surface area contributed by atoms with E-state index >= 15 is 0 Å². The quantitative estimate of drug-likeness (QED) is 0.392. The zero-order chi connectivity index (χ0) is 22.3. The van der Waals surface area contributed by atoms with Gasteiger partial charge >= 0.3 is 5.97 Å². The van der Waals surface area contributed by atoms with Gasteiger partial charge in [-0.05, 0) is 6.07 Å². The second kappa shape index (κ2) is 8.00. The monoisotopic (exact) mass is 430 g/mol. The number of phenolic OH excluding ortho intramolecular Hbond substituents is 1. The predicted octanol–water partition coefficient (Wildman–Crippen LogP) is 0.437. The fourth-order valence-corrected chi connectivity index (χ4v) is 3.29. The highest BCUT2D eigenvalue weighted by Gasteiger charge is 2.48. The molecule has 2 heterocycles. The Hall–Kier alpha value is -3.44. The van der Waals surface area contributed by atoms with E-state index < -0.39 is 47.9 Å². The number of phenols is 1. The number of aliphatic carboxylic acids is 1. The molecule has 0 aliphatic carbocycles. The average Bonchev–Trinajstić information content (AvgIpc) is 2.75. The Balaban J connectivity index is 1.71. The first-order chi connectivity index (χ1) is 14.8. The highest BCUT2D eigenvalue weighted by Crippen LogP contribution is 2.34. The van der Waals surface area contributed by atoms with Gasteiger partial charge < -0.3 is 39.4 Å². The van der Waals surface area contributed by atoms with Crippen LogP contribution in [0.15, 0.2) is 57.7 Å². The van der Waals surface area contributed by atoms with Crippen LogP contribution in [0, 0.1) is 0 Å². The summed E-state index contributed by atoms with van der Waals surface area (Å²) in [5.74, 6) is -2.10. The first-order valence-corrected chi connectivity index (χ1v) is 9.21. The van der Waals surface area contributed by atoms with Crippen molar-refractivity contribution in [3.63, 3.8) is 0 Å². The van der Waals surface area contributed by atoms with Gasteiger partial charge in [0.2, 0.25) is 6.29 Å². The second-order valence-corrected chi connectivity index (χ2v) is 7.01. The van der Waals surface area contributed by atoms with Gasteiger partial charge in [-0.2, -0.15) is 0 Å². The van der Waals surface area contributed by atoms with Crippen molar-refractivity contribution in [3.8, 4) is 22.8 Å². The van der Waals surface area contributed by atoms with Crippen LogP contribution in [0.25, 0.3) is 22.3 Å². The van der Waals surface area contributed by atoms with Gasteiger partial charge in [0.05, 0.1) is 5.39 Å². The normalized spacial score (nSPS) is 26.0. The average molecular weight is 430 g/mol. The van der Waals surface area contributed by atoms with Crippen molar-refractivity contribution in [1.29, 1.82) is 0 Å². The number of aromatic hydroxyl groups is 1. The Labute approximate surface area is 174 Å². The van der Waals surface area contributed by atoms with Gasteiger partial charge in [0.25, 0.3) is 0 Å². The van der Waals surface area contributed by atoms with Gasteiger partial charge in [0, 0.05) is 17.7 Å². The molecule has 3 aromatic rings. The zero-order valence-electron chi connectivity index (χ0n) is 15.8. The molecule has 162 valence electrons. The van der Waals surface area contributed by atoms with Crippen molar-refractivity contribution in [2.75, 3.05) is 0 Å². The Kier molecular flexibility index (Phi) is 5.38. The third kappa shape index (κ3) is 3.84. The van der Waals surface area contributed by atoms with Crippen LogP contribution in [0.4, 0.5) is 0 Å². The van der Waals surface area contributed by atoms with E-state index in [9.17, 15) is 30.0 Å². The van der Waals surface area contributed by atoms with E-state index in [0.717, 1.165) is 6.07 Å². The van der Waals surface area contributed by atoms with Gasteiger partial charge in [0.1, 0.15) is 29.7 Å². The summed E-state index contributed by atoms with van der Waals surface area (Å²) in [5.41, 5.74) is 0.282. The lowest BCUT2D eigenvalue weighted by atomic mass is 9.99. The number of hydrogen-bond acceptors (Lipinski definition) is 9. The molecule has 1 aromatic heterocycles. The summed E-state index contributed by atoms with van der Waals surface area (Å²) in [6.07, 6.45) is -9.17. The lowest BCUT2D eigenvalue weighted by molar-refractivity contribution is -0.271. The Morgan fingerprint density at radius 3 is 2.35 bits per heavy atom. The van der Waals surface area contributed by atoms with Gasteiger partial charge in [0.15, 0.2) is 23.0 Å². The number of ether oxygens (including phenoxy) is 2. The zero-order valence-corrected chi connectivity index (χ0v) is 15.8. The van der Waals surface area contributed by atoms with E-state index in [-0.39, 0.29) is 22.5 Å². The second-order valence-electron chi connectivity index (χ2n) is 7.01. The van der Waals surface area contributed by atoms with Crippen molar-refractivity contribution in [2.45, 2.75) is 30.7 Å². The molecule has 1 aliphatic rings. The molecule has 5 N–H and O–H groups in total. The maximum atomic E-state index is 12.5. The number of aliphatic hydroxyl groups is 3. The van der Waals surface area contributed by atoms with E-state index in [1.165, 1.54) is 12.1 Å². The van der Waals surface area contributed by atoms with Crippen molar-refractivity contribution in [2.24, 2.45) is 0 Å². The fourth-order valence-electron chi connectivity index (χ4n) is 3.29. The lowest BCUT2D eigenvalue weighted by Crippen LogP contribution is -2.61. The van der Waals surface area contributed by atoms with Crippen LogP contribution in [0.5, 0.6) is 11.5 Å². The number of carboxylic acids is 1. The van der Waals surface area contributed by atoms with Crippen LogP contribution in [0.3, 0.4) is 0 Å². The standard InChI is InChI=1S/C21H18O10/c22-11-7-13(9-4-2-1-3-5-9)29-14-8-15(12(23)6-10(11)14)30-21-18(26)16(24)17(25)19(31-21)20(27)28/h1-8,16-19,21,23-26H,(H,27,28)/t16-,17-,18+,19-,21?/m0/s1. The Morgan fingerprint density at radius 1 is 0.968 bits per heavy atom.